The fourth-order valence-electron chi connectivity index (χ4n) is 4.30. The minimum atomic E-state index is 0.0698. The highest BCUT2D eigenvalue weighted by Gasteiger charge is 2.33. The van der Waals surface area contributed by atoms with Crippen molar-refractivity contribution in [1.29, 1.82) is 0 Å². The number of aryl methyl sites for hydroxylation is 2. The third-order valence-corrected chi connectivity index (χ3v) is 6.86. The predicted octanol–water partition coefficient (Wildman–Crippen LogP) is 4.30. The number of amides is 2. The van der Waals surface area contributed by atoms with Crippen LogP contribution in [-0.4, -0.2) is 46.2 Å². The molecule has 2 aliphatic rings. The fraction of sp³-hybridized carbons (Fsp3) is 0.524. The van der Waals surface area contributed by atoms with E-state index in [0.29, 0.717) is 5.69 Å². The minimum Gasteiger partial charge on any atom is -0.354 e. The summed E-state index contributed by atoms with van der Waals surface area (Å²) in [5.41, 5.74) is 2.70. The van der Waals surface area contributed by atoms with Gasteiger partial charge in [-0.25, -0.2) is 0 Å². The zero-order valence-electron chi connectivity index (χ0n) is 16.1. The molecular weight excluding hydrogens is 358 g/mol. The highest BCUT2D eigenvalue weighted by atomic mass is 32.1. The van der Waals surface area contributed by atoms with E-state index in [-0.39, 0.29) is 17.9 Å². The number of hydrogen-bond acceptors (Lipinski definition) is 3. The molecule has 2 fully saturated rings. The Morgan fingerprint density at radius 3 is 2.52 bits per heavy atom. The van der Waals surface area contributed by atoms with Gasteiger partial charge < -0.3 is 14.8 Å². The molecule has 0 aromatic carbocycles. The van der Waals surface area contributed by atoms with Crippen LogP contribution in [0.1, 0.15) is 74.4 Å². The lowest BCUT2D eigenvalue weighted by Gasteiger charge is -2.26. The highest BCUT2D eigenvalue weighted by molar-refractivity contribution is 7.14. The van der Waals surface area contributed by atoms with E-state index in [2.05, 4.69) is 4.98 Å². The van der Waals surface area contributed by atoms with Crippen LogP contribution in [0, 0.1) is 13.8 Å². The number of likely N-dealkylation sites (tertiary alicyclic amines) is 2. The van der Waals surface area contributed by atoms with Gasteiger partial charge in [-0.05, 0) is 69.7 Å². The van der Waals surface area contributed by atoms with Gasteiger partial charge in [0, 0.05) is 30.2 Å². The molecule has 6 heteroatoms. The van der Waals surface area contributed by atoms with Gasteiger partial charge in [0.25, 0.3) is 11.8 Å². The summed E-state index contributed by atoms with van der Waals surface area (Å²) in [6.07, 6.45) is 5.38. The van der Waals surface area contributed by atoms with E-state index < -0.39 is 0 Å². The number of carbonyl (C=O) groups excluding carboxylic acids is 2. The largest absolute Gasteiger partial charge is 0.354 e. The number of hydrogen-bond donors (Lipinski definition) is 1. The SMILES string of the molecule is Cc1cc(C)c(C(=O)N2CCC[C@@H]2c2ccc(C(=O)N3CCCCC3)s2)[nH]1. The Kier molecular flexibility index (Phi) is 5.08. The summed E-state index contributed by atoms with van der Waals surface area (Å²) < 4.78 is 0. The van der Waals surface area contributed by atoms with E-state index in [9.17, 15) is 9.59 Å². The van der Waals surface area contributed by atoms with E-state index in [1.165, 1.54) is 6.42 Å². The molecule has 1 atom stereocenters. The third-order valence-electron chi connectivity index (χ3n) is 5.69. The Hall–Kier alpha value is -2.08. The van der Waals surface area contributed by atoms with Gasteiger partial charge in [-0.2, -0.15) is 0 Å². The summed E-state index contributed by atoms with van der Waals surface area (Å²) >= 11 is 1.56. The first-order chi connectivity index (χ1) is 13.0. The molecule has 2 saturated heterocycles. The maximum absolute atomic E-state index is 13.1. The molecule has 0 aliphatic carbocycles. The summed E-state index contributed by atoms with van der Waals surface area (Å²) in [6, 6.07) is 6.08. The van der Waals surface area contributed by atoms with E-state index >= 15 is 0 Å². The maximum atomic E-state index is 13.1. The topological polar surface area (TPSA) is 56.4 Å². The molecule has 2 amide bonds. The van der Waals surface area contributed by atoms with Gasteiger partial charge in [0.2, 0.25) is 0 Å². The molecular formula is C21H27N3O2S. The van der Waals surface area contributed by atoms with Crippen LogP contribution in [0.5, 0.6) is 0 Å². The quantitative estimate of drug-likeness (QED) is 0.856. The first-order valence-electron chi connectivity index (χ1n) is 9.91. The van der Waals surface area contributed by atoms with Crippen molar-refractivity contribution in [3.63, 3.8) is 0 Å². The fourth-order valence-corrected chi connectivity index (χ4v) is 5.42. The first kappa shape index (κ1) is 18.3. The van der Waals surface area contributed by atoms with Gasteiger partial charge in [0.05, 0.1) is 10.9 Å². The van der Waals surface area contributed by atoms with Crippen LogP contribution in [0.25, 0.3) is 0 Å². The number of aromatic nitrogens is 1. The number of nitrogens with one attached hydrogen (secondary N) is 1. The molecule has 1 N–H and O–H groups in total. The molecule has 2 aromatic heterocycles. The first-order valence-corrected chi connectivity index (χ1v) is 10.7. The second-order valence-electron chi connectivity index (χ2n) is 7.72. The predicted molar refractivity (Wildman–Crippen MR) is 107 cm³/mol. The van der Waals surface area contributed by atoms with Crippen LogP contribution < -0.4 is 0 Å². The Balaban J connectivity index is 1.52. The minimum absolute atomic E-state index is 0.0698. The van der Waals surface area contributed by atoms with Crippen LogP contribution >= 0.6 is 11.3 Å². The van der Waals surface area contributed by atoms with Crippen molar-refractivity contribution in [3.05, 3.63) is 44.9 Å². The number of H-pyrrole nitrogens is 1. The van der Waals surface area contributed by atoms with Gasteiger partial charge in [0.15, 0.2) is 0 Å². The summed E-state index contributed by atoms with van der Waals surface area (Å²) in [6.45, 7) is 6.46. The van der Waals surface area contributed by atoms with Crippen molar-refractivity contribution >= 4 is 23.2 Å². The van der Waals surface area contributed by atoms with Crippen molar-refractivity contribution < 1.29 is 9.59 Å². The summed E-state index contributed by atoms with van der Waals surface area (Å²) in [5, 5.41) is 0. The normalized spacial score (nSPS) is 20.3. The highest BCUT2D eigenvalue weighted by Crippen LogP contribution is 2.37. The van der Waals surface area contributed by atoms with E-state index in [1.807, 2.05) is 41.8 Å². The molecule has 0 unspecified atom stereocenters. The summed E-state index contributed by atoms with van der Waals surface area (Å²) in [4.78, 5) is 34.9. The third kappa shape index (κ3) is 3.55. The molecule has 0 spiro atoms. The lowest BCUT2D eigenvalue weighted by atomic mass is 10.1. The Morgan fingerprint density at radius 2 is 1.81 bits per heavy atom. The number of rotatable bonds is 3. The molecule has 0 radical (unpaired) electrons. The Labute approximate surface area is 164 Å². The average Bonchev–Trinajstić information content (AvgIpc) is 3.40. The summed E-state index contributed by atoms with van der Waals surface area (Å²) in [7, 11) is 0. The van der Waals surface area contributed by atoms with E-state index in [4.69, 9.17) is 0 Å². The molecule has 2 aliphatic heterocycles. The lowest BCUT2D eigenvalue weighted by molar-refractivity contribution is 0.0724. The van der Waals surface area contributed by atoms with Gasteiger partial charge in [-0.3, -0.25) is 9.59 Å². The Morgan fingerprint density at radius 1 is 1.04 bits per heavy atom. The van der Waals surface area contributed by atoms with Crippen LogP contribution in [0.3, 0.4) is 0 Å². The van der Waals surface area contributed by atoms with Crippen LogP contribution in [0.15, 0.2) is 18.2 Å². The van der Waals surface area contributed by atoms with Gasteiger partial charge in [-0.1, -0.05) is 0 Å². The second kappa shape index (κ2) is 7.50. The smallest absolute Gasteiger partial charge is 0.271 e. The number of aromatic amines is 1. The summed E-state index contributed by atoms with van der Waals surface area (Å²) in [5.74, 6) is 0.220. The van der Waals surface area contributed by atoms with Gasteiger partial charge >= 0.3 is 0 Å². The van der Waals surface area contributed by atoms with Crippen LogP contribution in [-0.2, 0) is 0 Å². The molecule has 4 rings (SSSR count). The molecule has 0 bridgehead atoms. The van der Waals surface area contributed by atoms with Gasteiger partial charge in [0.1, 0.15) is 5.69 Å². The van der Waals surface area contributed by atoms with Crippen LogP contribution in [0.4, 0.5) is 0 Å². The molecule has 144 valence electrons. The number of nitrogens with zero attached hydrogens (tertiary/aromatic N) is 2. The van der Waals surface area contributed by atoms with Crippen molar-refractivity contribution in [2.24, 2.45) is 0 Å². The zero-order valence-corrected chi connectivity index (χ0v) is 16.9. The van der Waals surface area contributed by atoms with Crippen molar-refractivity contribution in [2.45, 2.75) is 52.0 Å². The number of carbonyl (C=O) groups is 2. The van der Waals surface area contributed by atoms with E-state index in [1.54, 1.807) is 11.3 Å². The van der Waals surface area contributed by atoms with Crippen molar-refractivity contribution in [1.82, 2.24) is 14.8 Å². The Bertz CT molecular complexity index is 847. The zero-order chi connectivity index (χ0) is 19.0. The molecule has 2 aromatic rings. The monoisotopic (exact) mass is 385 g/mol. The molecule has 27 heavy (non-hydrogen) atoms. The number of piperidine rings is 1. The van der Waals surface area contributed by atoms with Crippen molar-refractivity contribution in [2.75, 3.05) is 19.6 Å². The molecule has 4 heterocycles. The van der Waals surface area contributed by atoms with Crippen LogP contribution in [0.2, 0.25) is 0 Å². The molecule has 5 nitrogen and oxygen atoms in total. The second-order valence-corrected chi connectivity index (χ2v) is 8.84. The van der Waals surface area contributed by atoms with Gasteiger partial charge in [-0.15, -0.1) is 11.3 Å². The van der Waals surface area contributed by atoms with Crippen molar-refractivity contribution in [3.8, 4) is 0 Å². The standard InChI is InChI=1S/C21H27N3O2S/c1-14-13-15(2)22-19(14)21(26)24-12-6-7-16(24)17-8-9-18(27-17)20(25)23-10-4-3-5-11-23/h8-9,13,16,22H,3-7,10-12H2,1-2H3/t16-/m1/s1. The maximum Gasteiger partial charge on any atom is 0.271 e. The van der Waals surface area contributed by atoms with E-state index in [0.717, 1.165) is 66.3 Å². The number of thiophene rings is 1. The molecule has 0 saturated carbocycles. The average molecular weight is 386 g/mol. The lowest BCUT2D eigenvalue weighted by Crippen LogP contribution is -2.35.